The van der Waals surface area contributed by atoms with Crippen molar-refractivity contribution < 1.29 is 23.1 Å². The van der Waals surface area contributed by atoms with E-state index in [4.69, 9.17) is 16.3 Å². The first-order valence-electron chi connectivity index (χ1n) is 9.48. The number of halogens is 3. The van der Waals surface area contributed by atoms with E-state index < -0.39 is 41.1 Å². The molecule has 2 aliphatic rings. The van der Waals surface area contributed by atoms with Crippen LogP contribution in [-0.2, 0) is 10.3 Å². The second kappa shape index (κ2) is 7.75. The number of hydrogen-bond donors (Lipinski definition) is 3. The first-order chi connectivity index (χ1) is 14.3. The predicted molar refractivity (Wildman–Crippen MR) is 106 cm³/mol. The smallest absolute Gasteiger partial charge is 0.316 e. The molecule has 2 fully saturated rings. The number of ether oxygens (including phenoxy) is 1. The SMILES string of the molecule is COc1cc(F)c([C@@H]2CNC(=O)[C@H]2NC(=O)NC2(c3cccc(Cl)c3)CC2)c(F)c1. The highest BCUT2D eigenvalue weighted by Gasteiger charge is 2.47. The van der Waals surface area contributed by atoms with Gasteiger partial charge < -0.3 is 20.7 Å². The fourth-order valence-electron chi connectivity index (χ4n) is 3.88. The lowest BCUT2D eigenvalue weighted by molar-refractivity contribution is -0.120. The summed E-state index contributed by atoms with van der Waals surface area (Å²) in [7, 11) is 1.30. The first-order valence-corrected chi connectivity index (χ1v) is 9.86. The number of hydrogen-bond acceptors (Lipinski definition) is 3. The molecule has 1 aliphatic carbocycles. The number of rotatable bonds is 5. The maximum absolute atomic E-state index is 14.5. The minimum Gasteiger partial charge on any atom is -0.497 e. The molecule has 1 aliphatic heterocycles. The van der Waals surface area contributed by atoms with E-state index in [1.807, 2.05) is 6.07 Å². The number of nitrogens with one attached hydrogen (secondary N) is 3. The van der Waals surface area contributed by atoms with Crippen LogP contribution < -0.4 is 20.7 Å². The van der Waals surface area contributed by atoms with Gasteiger partial charge in [0, 0.05) is 35.2 Å². The van der Waals surface area contributed by atoms with Gasteiger partial charge in [0.15, 0.2) is 0 Å². The van der Waals surface area contributed by atoms with Crippen molar-refractivity contribution in [3.8, 4) is 5.75 Å². The average Bonchev–Trinajstić information content (AvgIpc) is 3.40. The van der Waals surface area contributed by atoms with Crippen LogP contribution in [0.25, 0.3) is 0 Å². The van der Waals surface area contributed by atoms with Crippen LogP contribution in [0, 0.1) is 11.6 Å². The Morgan fingerprint density at radius 1 is 1.23 bits per heavy atom. The summed E-state index contributed by atoms with van der Waals surface area (Å²) in [6.45, 7) is 0.00336. The second-order valence-corrected chi connectivity index (χ2v) is 7.96. The monoisotopic (exact) mass is 435 g/mol. The van der Waals surface area contributed by atoms with Crippen LogP contribution in [0.15, 0.2) is 36.4 Å². The standard InChI is InChI=1S/C21H20ClF2N3O3/c1-30-13-8-15(23)17(16(24)9-13)14-10-25-19(28)18(14)26-20(29)27-21(5-6-21)11-3-2-4-12(22)7-11/h2-4,7-9,14,18H,5-6,10H2,1H3,(H,25,28)(H2,26,27,29)/t14-,18-/m0/s1. The Labute approximate surface area is 176 Å². The maximum atomic E-state index is 14.5. The van der Waals surface area contributed by atoms with Crippen LogP contribution in [0.4, 0.5) is 13.6 Å². The number of urea groups is 1. The van der Waals surface area contributed by atoms with E-state index in [0.717, 1.165) is 30.5 Å². The highest BCUT2D eigenvalue weighted by molar-refractivity contribution is 6.30. The molecule has 3 amide bonds. The molecule has 2 aromatic carbocycles. The second-order valence-electron chi connectivity index (χ2n) is 7.52. The molecule has 1 heterocycles. The topological polar surface area (TPSA) is 79.5 Å². The van der Waals surface area contributed by atoms with E-state index >= 15 is 0 Å². The van der Waals surface area contributed by atoms with E-state index in [1.165, 1.54) is 7.11 Å². The fourth-order valence-corrected chi connectivity index (χ4v) is 4.07. The van der Waals surface area contributed by atoms with Crippen molar-refractivity contribution in [2.75, 3.05) is 13.7 Å². The van der Waals surface area contributed by atoms with Crippen molar-refractivity contribution in [3.05, 3.63) is 64.2 Å². The van der Waals surface area contributed by atoms with Gasteiger partial charge in [-0.1, -0.05) is 23.7 Å². The fraction of sp³-hybridized carbons (Fsp3) is 0.333. The lowest BCUT2D eigenvalue weighted by atomic mass is 9.92. The van der Waals surface area contributed by atoms with E-state index in [2.05, 4.69) is 16.0 Å². The van der Waals surface area contributed by atoms with Gasteiger partial charge in [-0.3, -0.25) is 4.79 Å². The summed E-state index contributed by atoms with van der Waals surface area (Å²) < 4.78 is 33.9. The van der Waals surface area contributed by atoms with Crippen LogP contribution in [0.5, 0.6) is 5.75 Å². The summed E-state index contributed by atoms with van der Waals surface area (Å²) >= 11 is 6.05. The van der Waals surface area contributed by atoms with Crippen LogP contribution in [-0.4, -0.2) is 31.6 Å². The molecular formula is C21H20ClF2N3O3. The van der Waals surface area contributed by atoms with Gasteiger partial charge in [-0.2, -0.15) is 0 Å². The number of carbonyl (C=O) groups is 2. The Morgan fingerprint density at radius 2 is 1.93 bits per heavy atom. The summed E-state index contributed by atoms with van der Waals surface area (Å²) in [6.07, 6.45) is 1.45. The molecule has 0 spiro atoms. The largest absolute Gasteiger partial charge is 0.497 e. The van der Waals surface area contributed by atoms with Crippen molar-refractivity contribution in [1.82, 2.24) is 16.0 Å². The summed E-state index contributed by atoms with van der Waals surface area (Å²) in [4.78, 5) is 25.0. The third kappa shape index (κ3) is 3.79. The molecule has 2 aromatic rings. The highest BCUT2D eigenvalue weighted by atomic mass is 35.5. The molecular weight excluding hydrogens is 416 g/mol. The van der Waals surface area contributed by atoms with Crippen molar-refractivity contribution >= 4 is 23.5 Å². The minimum absolute atomic E-state index is 0.00336. The van der Waals surface area contributed by atoms with Crippen molar-refractivity contribution in [2.45, 2.75) is 30.3 Å². The van der Waals surface area contributed by atoms with Gasteiger partial charge >= 0.3 is 6.03 Å². The third-order valence-corrected chi connectivity index (χ3v) is 5.84. The van der Waals surface area contributed by atoms with Crippen LogP contribution in [0.1, 0.15) is 29.9 Å². The number of benzene rings is 2. The third-order valence-electron chi connectivity index (χ3n) is 5.61. The summed E-state index contributed by atoms with van der Waals surface area (Å²) in [5.74, 6) is -3.03. The molecule has 6 nitrogen and oxygen atoms in total. The summed E-state index contributed by atoms with van der Waals surface area (Å²) in [5, 5.41) is 8.58. The molecule has 30 heavy (non-hydrogen) atoms. The van der Waals surface area contributed by atoms with Gasteiger partial charge in [-0.05, 0) is 30.5 Å². The molecule has 2 atom stereocenters. The van der Waals surface area contributed by atoms with Crippen molar-refractivity contribution in [2.24, 2.45) is 0 Å². The van der Waals surface area contributed by atoms with Gasteiger partial charge in [-0.25, -0.2) is 13.6 Å². The van der Waals surface area contributed by atoms with Gasteiger partial charge in [0.25, 0.3) is 0 Å². The van der Waals surface area contributed by atoms with E-state index in [-0.39, 0.29) is 17.9 Å². The predicted octanol–water partition coefficient (Wildman–Crippen LogP) is 3.20. The van der Waals surface area contributed by atoms with Crippen LogP contribution in [0.2, 0.25) is 5.02 Å². The molecule has 0 bridgehead atoms. The molecule has 1 saturated heterocycles. The zero-order valence-corrected chi connectivity index (χ0v) is 16.9. The van der Waals surface area contributed by atoms with Crippen LogP contribution in [0.3, 0.4) is 0 Å². The average molecular weight is 436 g/mol. The Hall–Kier alpha value is -2.87. The zero-order valence-electron chi connectivity index (χ0n) is 16.1. The molecule has 158 valence electrons. The van der Waals surface area contributed by atoms with Crippen molar-refractivity contribution in [1.29, 1.82) is 0 Å². The lowest BCUT2D eigenvalue weighted by Crippen LogP contribution is -2.50. The maximum Gasteiger partial charge on any atom is 0.316 e. The minimum atomic E-state index is -1.11. The molecule has 3 N–H and O–H groups in total. The Bertz CT molecular complexity index is 990. The molecule has 4 rings (SSSR count). The molecule has 1 saturated carbocycles. The van der Waals surface area contributed by atoms with Gasteiger partial charge in [0.1, 0.15) is 23.4 Å². The molecule has 0 radical (unpaired) electrons. The number of carbonyl (C=O) groups excluding carboxylic acids is 2. The molecule has 0 aromatic heterocycles. The number of methoxy groups -OCH3 is 1. The Morgan fingerprint density at radius 3 is 2.53 bits per heavy atom. The van der Waals surface area contributed by atoms with E-state index in [0.29, 0.717) is 5.02 Å². The normalized spacial score (nSPS) is 21.7. The quantitative estimate of drug-likeness (QED) is 0.674. The van der Waals surface area contributed by atoms with Gasteiger partial charge in [0.05, 0.1) is 12.6 Å². The zero-order chi connectivity index (χ0) is 21.5. The van der Waals surface area contributed by atoms with Gasteiger partial charge in [-0.15, -0.1) is 0 Å². The Kier molecular flexibility index (Phi) is 5.27. The molecule has 0 unspecified atom stereocenters. The molecule has 9 heteroatoms. The van der Waals surface area contributed by atoms with E-state index in [1.54, 1.807) is 18.2 Å². The van der Waals surface area contributed by atoms with Crippen LogP contribution >= 0.6 is 11.6 Å². The van der Waals surface area contributed by atoms with Gasteiger partial charge in [0.2, 0.25) is 5.91 Å². The number of amides is 3. The van der Waals surface area contributed by atoms with E-state index in [9.17, 15) is 18.4 Å². The lowest BCUT2D eigenvalue weighted by Gasteiger charge is -2.23. The van der Waals surface area contributed by atoms with Crippen molar-refractivity contribution in [3.63, 3.8) is 0 Å². The summed E-state index contributed by atoms with van der Waals surface area (Å²) in [6, 6.07) is 7.59. The Balaban J connectivity index is 1.52. The first kappa shape index (κ1) is 20.4. The summed E-state index contributed by atoms with van der Waals surface area (Å²) in [5.41, 5.74) is 0.0381. The highest BCUT2D eigenvalue weighted by Crippen LogP contribution is 2.46.